The largest absolute Gasteiger partial charge is 0.388 e. The average Bonchev–Trinajstić information content (AvgIpc) is 2.67. The summed E-state index contributed by atoms with van der Waals surface area (Å²) in [5, 5.41) is 13.5. The molecule has 1 aliphatic rings. The summed E-state index contributed by atoms with van der Waals surface area (Å²) >= 11 is 0. The summed E-state index contributed by atoms with van der Waals surface area (Å²) in [7, 11) is 3.18. The molecule has 0 aromatic carbocycles. The van der Waals surface area contributed by atoms with E-state index in [1.54, 1.807) is 14.2 Å². The first-order valence-corrected chi connectivity index (χ1v) is 5.11. The number of nitrogens with one attached hydrogen (secondary N) is 1. The van der Waals surface area contributed by atoms with Gasteiger partial charge in [-0.25, -0.2) is 0 Å². The molecule has 14 heavy (non-hydrogen) atoms. The van der Waals surface area contributed by atoms with Gasteiger partial charge in [-0.05, 0) is 26.3 Å². The van der Waals surface area contributed by atoms with Crippen LogP contribution in [0.1, 0.15) is 26.2 Å². The van der Waals surface area contributed by atoms with Crippen LogP contribution in [0.25, 0.3) is 0 Å². The molecule has 4 heteroatoms. The zero-order chi connectivity index (χ0) is 10.6. The first-order valence-electron chi connectivity index (χ1n) is 5.11. The highest BCUT2D eigenvalue weighted by Crippen LogP contribution is 2.24. The summed E-state index contributed by atoms with van der Waals surface area (Å²) in [5.41, 5.74) is -0.757. The van der Waals surface area contributed by atoms with Crippen molar-refractivity contribution in [1.82, 2.24) is 5.32 Å². The maximum atomic E-state index is 10.2. The highest BCUT2D eigenvalue weighted by molar-refractivity contribution is 4.91. The molecule has 1 fully saturated rings. The van der Waals surface area contributed by atoms with Crippen LogP contribution >= 0.6 is 0 Å². The summed E-state index contributed by atoms with van der Waals surface area (Å²) in [6.45, 7) is 2.83. The van der Waals surface area contributed by atoms with Crippen molar-refractivity contribution in [3.63, 3.8) is 0 Å². The molecule has 1 saturated heterocycles. The first kappa shape index (κ1) is 11.9. The zero-order valence-corrected chi connectivity index (χ0v) is 9.25. The molecule has 1 aliphatic heterocycles. The van der Waals surface area contributed by atoms with Gasteiger partial charge in [0.15, 0.2) is 6.29 Å². The van der Waals surface area contributed by atoms with Crippen LogP contribution in [0.3, 0.4) is 0 Å². The minimum absolute atomic E-state index is 0.162. The predicted molar refractivity (Wildman–Crippen MR) is 54.1 cm³/mol. The fraction of sp³-hybridized carbons (Fsp3) is 1.00. The average molecular weight is 203 g/mol. The van der Waals surface area contributed by atoms with Crippen LogP contribution in [0.2, 0.25) is 0 Å². The van der Waals surface area contributed by atoms with Crippen molar-refractivity contribution >= 4 is 0 Å². The van der Waals surface area contributed by atoms with Gasteiger partial charge in [0.2, 0.25) is 0 Å². The van der Waals surface area contributed by atoms with Crippen molar-refractivity contribution in [1.29, 1.82) is 0 Å². The van der Waals surface area contributed by atoms with Crippen LogP contribution in [-0.2, 0) is 9.47 Å². The second kappa shape index (κ2) is 5.07. The molecular formula is C10H21NO3. The lowest BCUT2D eigenvalue weighted by atomic mass is 9.91. The third-order valence-electron chi connectivity index (χ3n) is 2.92. The fourth-order valence-corrected chi connectivity index (χ4v) is 1.96. The van der Waals surface area contributed by atoms with Gasteiger partial charge in [-0.15, -0.1) is 0 Å². The van der Waals surface area contributed by atoms with Gasteiger partial charge in [0.1, 0.15) is 0 Å². The standard InChI is InChI=1S/C10H21NO3/c1-10(12,7-9(13-2)14-3)8-5-4-6-11-8/h8-9,11-12H,4-7H2,1-3H3. The Labute approximate surface area is 85.6 Å². The molecule has 0 aromatic heterocycles. The summed E-state index contributed by atoms with van der Waals surface area (Å²) < 4.78 is 10.2. The number of methoxy groups -OCH3 is 2. The molecule has 2 atom stereocenters. The Morgan fingerprint density at radius 1 is 1.50 bits per heavy atom. The van der Waals surface area contributed by atoms with Crippen molar-refractivity contribution in [3.05, 3.63) is 0 Å². The zero-order valence-electron chi connectivity index (χ0n) is 9.25. The lowest BCUT2D eigenvalue weighted by molar-refractivity contribution is -0.145. The Morgan fingerprint density at radius 3 is 2.57 bits per heavy atom. The van der Waals surface area contributed by atoms with E-state index >= 15 is 0 Å². The molecule has 0 amide bonds. The van der Waals surface area contributed by atoms with Crippen molar-refractivity contribution in [2.75, 3.05) is 20.8 Å². The number of hydrogen-bond donors (Lipinski definition) is 2. The highest BCUT2D eigenvalue weighted by atomic mass is 16.7. The van der Waals surface area contributed by atoms with E-state index in [4.69, 9.17) is 9.47 Å². The van der Waals surface area contributed by atoms with Gasteiger partial charge in [0.05, 0.1) is 5.60 Å². The first-order chi connectivity index (χ1) is 6.60. The monoisotopic (exact) mass is 203 g/mol. The van der Waals surface area contributed by atoms with Crippen LogP contribution in [0.5, 0.6) is 0 Å². The van der Waals surface area contributed by atoms with Gasteiger partial charge in [0.25, 0.3) is 0 Å². The van der Waals surface area contributed by atoms with Crippen molar-refractivity contribution < 1.29 is 14.6 Å². The second-order valence-corrected chi connectivity index (χ2v) is 4.11. The summed E-state index contributed by atoms with van der Waals surface area (Å²) in [6, 6.07) is 0.162. The third-order valence-corrected chi connectivity index (χ3v) is 2.92. The number of aliphatic hydroxyl groups is 1. The second-order valence-electron chi connectivity index (χ2n) is 4.11. The minimum atomic E-state index is -0.757. The van der Waals surface area contributed by atoms with Crippen LogP contribution < -0.4 is 5.32 Å². The van der Waals surface area contributed by atoms with E-state index in [1.807, 2.05) is 6.92 Å². The summed E-state index contributed by atoms with van der Waals surface area (Å²) in [6.07, 6.45) is 2.32. The van der Waals surface area contributed by atoms with Gasteiger partial charge in [-0.1, -0.05) is 0 Å². The molecule has 0 saturated carbocycles. The fourth-order valence-electron chi connectivity index (χ4n) is 1.96. The lowest BCUT2D eigenvalue weighted by Gasteiger charge is -2.32. The van der Waals surface area contributed by atoms with Crippen LogP contribution in [0, 0.1) is 0 Å². The van der Waals surface area contributed by atoms with Crippen molar-refractivity contribution in [2.24, 2.45) is 0 Å². The minimum Gasteiger partial charge on any atom is -0.388 e. The van der Waals surface area contributed by atoms with Crippen molar-refractivity contribution in [2.45, 2.75) is 44.1 Å². The topological polar surface area (TPSA) is 50.7 Å². The molecule has 84 valence electrons. The molecule has 2 unspecified atom stereocenters. The third kappa shape index (κ3) is 2.92. The molecule has 0 spiro atoms. The van der Waals surface area contributed by atoms with Crippen LogP contribution in [0.4, 0.5) is 0 Å². The molecule has 0 radical (unpaired) electrons. The van der Waals surface area contributed by atoms with E-state index in [2.05, 4.69) is 5.32 Å². The molecule has 1 rings (SSSR count). The Morgan fingerprint density at radius 2 is 2.14 bits per heavy atom. The van der Waals surface area contributed by atoms with Gasteiger partial charge >= 0.3 is 0 Å². The Balaban J connectivity index is 2.46. The smallest absolute Gasteiger partial charge is 0.159 e. The van der Waals surface area contributed by atoms with Crippen molar-refractivity contribution in [3.8, 4) is 0 Å². The molecular weight excluding hydrogens is 182 g/mol. The molecule has 0 bridgehead atoms. The Hall–Kier alpha value is -0.160. The van der Waals surface area contributed by atoms with E-state index in [1.165, 1.54) is 0 Å². The van der Waals surface area contributed by atoms with E-state index in [0.29, 0.717) is 6.42 Å². The van der Waals surface area contributed by atoms with Gasteiger partial charge in [0, 0.05) is 26.7 Å². The SMILES string of the molecule is COC(CC(C)(O)C1CCCN1)OC. The number of ether oxygens (including phenoxy) is 2. The van der Waals surface area contributed by atoms with Gasteiger partial charge in [-0.3, -0.25) is 0 Å². The maximum Gasteiger partial charge on any atom is 0.159 e. The molecule has 2 N–H and O–H groups in total. The maximum absolute atomic E-state index is 10.2. The molecule has 0 aromatic rings. The predicted octanol–water partition coefficient (Wildman–Crippen LogP) is 0.498. The van der Waals surface area contributed by atoms with E-state index in [-0.39, 0.29) is 12.3 Å². The van der Waals surface area contributed by atoms with E-state index in [9.17, 15) is 5.11 Å². The van der Waals surface area contributed by atoms with E-state index in [0.717, 1.165) is 19.4 Å². The Bertz CT molecular complexity index is 163. The van der Waals surface area contributed by atoms with Crippen LogP contribution in [-0.4, -0.2) is 43.8 Å². The van der Waals surface area contributed by atoms with Crippen LogP contribution in [0.15, 0.2) is 0 Å². The number of rotatable bonds is 5. The molecule has 4 nitrogen and oxygen atoms in total. The van der Waals surface area contributed by atoms with Gasteiger partial charge in [-0.2, -0.15) is 0 Å². The summed E-state index contributed by atoms with van der Waals surface area (Å²) in [5.74, 6) is 0. The van der Waals surface area contributed by atoms with E-state index < -0.39 is 5.60 Å². The highest BCUT2D eigenvalue weighted by Gasteiger charge is 2.36. The number of hydrogen-bond acceptors (Lipinski definition) is 4. The summed E-state index contributed by atoms with van der Waals surface area (Å²) in [4.78, 5) is 0. The Kier molecular flexibility index (Phi) is 4.31. The molecule has 0 aliphatic carbocycles. The lowest BCUT2D eigenvalue weighted by Crippen LogP contribution is -2.47. The quantitative estimate of drug-likeness (QED) is 0.639. The normalized spacial score (nSPS) is 26.8. The molecule has 1 heterocycles. The van der Waals surface area contributed by atoms with Gasteiger partial charge < -0.3 is 19.9 Å².